The molecular formula is C23H26F2N2O4S. The third-order valence-electron chi connectivity index (χ3n) is 5.08. The quantitative estimate of drug-likeness (QED) is 0.692. The van der Waals surface area contributed by atoms with Gasteiger partial charge in [-0.2, -0.15) is 0 Å². The van der Waals surface area contributed by atoms with E-state index in [9.17, 15) is 22.0 Å². The molecule has 1 atom stereocenters. The van der Waals surface area contributed by atoms with Crippen molar-refractivity contribution in [1.82, 2.24) is 5.32 Å². The zero-order valence-corrected chi connectivity index (χ0v) is 19.4. The van der Waals surface area contributed by atoms with Crippen LogP contribution in [-0.2, 0) is 20.2 Å². The van der Waals surface area contributed by atoms with Gasteiger partial charge >= 0.3 is 0 Å². The number of rotatable bonds is 5. The molecule has 3 rings (SSSR count). The minimum atomic E-state index is -3.85. The van der Waals surface area contributed by atoms with E-state index in [-0.39, 0.29) is 17.6 Å². The fraction of sp³-hybridized carbons (Fsp3) is 0.348. The summed E-state index contributed by atoms with van der Waals surface area (Å²) in [7, 11) is -3.85. The van der Waals surface area contributed by atoms with Gasteiger partial charge in [-0.1, -0.05) is 26.8 Å². The maximum Gasteiger partial charge on any atom is 0.251 e. The summed E-state index contributed by atoms with van der Waals surface area (Å²) in [6.07, 6.45) is 2.54. The van der Waals surface area contributed by atoms with Crippen molar-refractivity contribution in [3.8, 4) is 5.75 Å². The van der Waals surface area contributed by atoms with Crippen LogP contribution in [0.2, 0.25) is 0 Å². The SMILES string of the molecule is CC(NC(=O)C1=Cc2cc(C(C)(C)C)ccc2OC1)c1cc(F)c(NS(C)(=O)=O)c(F)c1. The zero-order chi connectivity index (χ0) is 23.8. The number of nitrogens with one attached hydrogen (secondary N) is 2. The summed E-state index contributed by atoms with van der Waals surface area (Å²) in [6.45, 7) is 7.91. The van der Waals surface area contributed by atoms with Gasteiger partial charge in [-0.3, -0.25) is 9.52 Å². The highest BCUT2D eigenvalue weighted by molar-refractivity contribution is 7.92. The molecule has 2 N–H and O–H groups in total. The van der Waals surface area contributed by atoms with Crippen molar-refractivity contribution >= 4 is 27.7 Å². The van der Waals surface area contributed by atoms with Gasteiger partial charge in [-0.25, -0.2) is 17.2 Å². The molecule has 1 aliphatic rings. The van der Waals surface area contributed by atoms with Crippen LogP contribution in [0.4, 0.5) is 14.5 Å². The number of hydrogen-bond acceptors (Lipinski definition) is 4. The maximum absolute atomic E-state index is 14.3. The van der Waals surface area contributed by atoms with Crippen LogP contribution in [0, 0.1) is 11.6 Å². The van der Waals surface area contributed by atoms with Crippen LogP contribution < -0.4 is 14.8 Å². The average molecular weight is 465 g/mol. The first-order valence-corrected chi connectivity index (χ1v) is 11.9. The van der Waals surface area contributed by atoms with Crippen LogP contribution in [0.1, 0.15) is 50.4 Å². The van der Waals surface area contributed by atoms with Crippen molar-refractivity contribution in [2.24, 2.45) is 0 Å². The van der Waals surface area contributed by atoms with Crippen molar-refractivity contribution in [3.05, 3.63) is 64.2 Å². The molecule has 0 bridgehead atoms. The Morgan fingerprint density at radius 1 is 1.12 bits per heavy atom. The molecule has 9 heteroatoms. The molecule has 0 saturated carbocycles. The topological polar surface area (TPSA) is 84.5 Å². The molecule has 1 heterocycles. The number of benzene rings is 2. The molecule has 0 spiro atoms. The summed E-state index contributed by atoms with van der Waals surface area (Å²) in [6, 6.07) is 7.08. The van der Waals surface area contributed by atoms with E-state index < -0.39 is 39.3 Å². The smallest absolute Gasteiger partial charge is 0.251 e. The summed E-state index contributed by atoms with van der Waals surface area (Å²) in [4.78, 5) is 12.8. The highest BCUT2D eigenvalue weighted by atomic mass is 32.2. The molecule has 32 heavy (non-hydrogen) atoms. The van der Waals surface area contributed by atoms with E-state index in [1.54, 1.807) is 13.0 Å². The second-order valence-corrected chi connectivity index (χ2v) is 10.6. The largest absolute Gasteiger partial charge is 0.488 e. The third-order valence-corrected chi connectivity index (χ3v) is 5.65. The molecule has 6 nitrogen and oxygen atoms in total. The van der Waals surface area contributed by atoms with Gasteiger partial charge < -0.3 is 10.1 Å². The Bertz CT molecular complexity index is 1180. The molecule has 172 valence electrons. The van der Waals surface area contributed by atoms with Crippen molar-refractivity contribution < 1.29 is 26.7 Å². The highest BCUT2D eigenvalue weighted by Crippen LogP contribution is 2.32. The summed E-state index contributed by atoms with van der Waals surface area (Å²) in [5, 5.41) is 2.70. The molecule has 0 radical (unpaired) electrons. The van der Waals surface area contributed by atoms with Gasteiger partial charge in [-0.15, -0.1) is 0 Å². The molecule has 2 aromatic carbocycles. The minimum absolute atomic E-state index is 0.0659. The fourth-order valence-corrected chi connectivity index (χ4v) is 3.84. The number of carbonyl (C=O) groups excluding carboxylic acids is 1. The van der Waals surface area contributed by atoms with Gasteiger partial charge in [0, 0.05) is 5.56 Å². The average Bonchev–Trinajstić information content (AvgIpc) is 2.68. The van der Waals surface area contributed by atoms with E-state index in [2.05, 4.69) is 26.1 Å². The molecule has 1 amide bonds. The Balaban J connectivity index is 1.80. The number of fused-ring (bicyclic) bond motifs is 1. The first kappa shape index (κ1) is 23.7. The molecule has 1 aliphatic heterocycles. The number of sulfonamides is 1. The predicted molar refractivity (Wildman–Crippen MR) is 120 cm³/mol. The third kappa shape index (κ3) is 5.45. The summed E-state index contributed by atoms with van der Waals surface area (Å²) < 4.78 is 58.6. The molecule has 2 aromatic rings. The van der Waals surface area contributed by atoms with E-state index >= 15 is 0 Å². The Kier molecular flexibility index (Phi) is 6.33. The molecule has 0 aromatic heterocycles. The lowest BCUT2D eigenvalue weighted by Gasteiger charge is -2.24. The van der Waals surface area contributed by atoms with Gasteiger partial charge in [0.2, 0.25) is 10.0 Å². The number of halogens is 2. The lowest BCUT2D eigenvalue weighted by atomic mass is 9.85. The number of carbonyl (C=O) groups is 1. The Morgan fingerprint density at radius 3 is 2.31 bits per heavy atom. The van der Waals surface area contributed by atoms with Crippen LogP contribution in [0.5, 0.6) is 5.75 Å². The standard InChI is InChI=1S/C23H26F2N2O4S/c1-13(14-10-18(24)21(19(25)11-14)27-32(5,29)30)26-22(28)16-8-15-9-17(23(2,3)4)6-7-20(15)31-12-16/h6-11,13,27H,12H2,1-5H3,(H,26,28). The van der Waals surface area contributed by atoms with E-state index in [4.69, 9.17) is 4.74 Å². The van der Waals surface area contributed by atoms with Gasteiger partial charge in [0.25, 0.3) is 5.91 Å². The van der Waals surface area contributed by atoms with Crippen LogP contribution >= 0.6 is 0 Å². The zero-order valence-electron chi connectivity index (χ0n) is 18.5. The van der Waals surface area contributed by atoms with Crippen molar-refractivity contribution in [2.75, 3.05) is 17.6 Å². The minimum Gasteiger partial charge on any atom is -0.488 e. The number of amides is 1. The van der Waals surface area contributed by atoms with E-state index in [0.717, 1.165) is 29.5 Å². The second-order valence-electron chi connectivity index (χ2n) is 8.89. The summed E-state index contributed by atoms with van der Waals surface area (Å²) in [5.74, 6) is -1.89. The Hall–Kier alpha value is -2.94. The molecule has 1 unspecified atom stereocenters. The second kappa shape index (κ2) is 8.54. The first-order valence-electron chi connectivity index (χ1n) is 10.00. The van der Waals surface area contributed by atoms with Crippen molar-refractivity contribution in [3.63, 3.8) is 0 Å². The molecule has 0 saturated heterocycles. The van der Waals surface area contributed by atoms with Crippen LogP contribution in [0.25, 0.3) is 6.08 Å². The van der Waals surface area contributed by atoms with Crippen molar-refractivity contribution in [1.29, 1.82) is 0 Å². The first-order chi connectivity index (χ1) is 14.7. The molecule has 0 fully saturated rings. The lowest BCUT2D eigenvalue weighted by Crippen LogP contribution is -2.31. The van der Waals surface area contributed by atoms with E-state index in [1.165, 1.54) is 0 Å². The number of hydrogen-bond donors (Lipinski definition) is 2. The Morgan fingerprint density at radius 2 is 1.75 bits per heavy atom. The Labute approximate surface area is 186 Å². The number of anilines is 1. The predicted octanol–water partition coefficient (Wildman–Crippen LogP) is 4.29. The van der Waals surface area contributed by atoms with E-state index in [1.807, 2.05) is 22.9 Å². The number of ether oxygens (including phenoxy) is 1. The van der Waals surface area contributed by atoms with Gasteiger partial charge in [0.1, 0.15) is 18.0 Å². The van der Waals surface area contributed by atoms with Gasteiger partial charge in [-0.05, 0) is 53.8 Å². The van der Waals surface area contributed by atoms with Gasteiger partial charge in [0.05, 0.1) is 17.9 Å². The van der Waals surface area contributed by atoms with Gasteiger partial charge in [0.15, 0.2) is 11.6 Å². The normalized spacial score (nSPS) is 14.7. The lowest BCUT2D eigenvalue weighted by molar-refractivity contribution is -0.118. The molecular weight excluding hydrogens is 438 g/mol. The molecule has 0 aliphatic carbocycles. The highest BCUT2D eigenvalue weighted by Gasteiger charge is 2.23. The summed E-state index contributed by atoms with van der Waals surface area (Å²) >= 11 is 0. The monoisotopic (exact) mass is 464 g/mol. The van der Waals surface area contributed by atoms with E-state index in [0.29, 0.717) is 11.3 Å². The van der Waals surface area contributed by atoms with Crippen LogP contribution in [0.3, 0.4) is 0 Å². The van der Waals surface area contributed by atoms with Crippen LogP contribution in [-0.4, -0.2) is 27.2 Å². The summed E-state index contributed by atoms with van der Waals surface area (Å²) in [5.41, 5.74) is 1.59. The van der Waals surface area contributed by atoms with Crippen molar-refractivity contribution in [2.45, 2.75) is 39.2 Å². The van der Waals surface area contributed by atoms with Crippen LogP contribution in [0.15, 0.2) is 35.9 Å². The fourth-order valence-electron chi connectivity index (χ4n) is 3.27. The maximum atomic E-state index is 14.3.